The number of aromatic nitrogens is 1. The molecular formula is C27H30N4O4. The Bertz CT molecular complexity index is 1330. The minimum Gasteiger partial charge on any atom is -0.508 e. The van der Waals surface area contributed by atoms with Crippen LogP contribution in [0.3, 0.4) is 0 Å². The molecule has 1 saturated heterocycles. The number of hydrogen-bond acceptors (Lipinski definition) is 5. The van der Waals surface area contributed by atoms with E-state index in [0.29, 0.717) is 25.6 Å². The highest BCUT2D eigenvalue weighted by Crippen LogP contribution is 2.49. The van der Waals surface area contributed by atoms with E-state index in [1.165, 1.54) is 11.3 Å². The summed E-state index contributed by atoms with van der Waals surface area (Å²) in [5, 5.41) is 14.7. The van der Waals surface area contributed by atoms with E-state index in [9.17, 15) is 14.7 Å². The molecule has 2 fully saturated rings. The molecule has 0 unspecified atom stereocenters. The number of rotatable bonds is 6. The highest BCUT2D eigenvalue weighted by atomic mass is 16.5. The van der Waals surface area contributed by atoms with Crippen molar-refractivity contribution in [2.75, 3.05) is 20.2 Å². The van der Waals surface area contributed by atoms with Gasteiger partial charge in [-0.3, -0.25) is 14.6 Å². The molecule has 6 rings (SSSR count). The predicted octanol–water partition coefficient (Wildman–Crippen LogP) is 3.69. The average molecular weight is 475 g/mol. The number of aromatic hydroxyl groups is 1. The summed E-state index contributed by atoms with van der Waals surface area (Å²) in [6.45, 7) is 2.80. The van der Waals surface area contributed by atoms with Gasteiger partial charge in [-0.15, -0.1) is 0 Å². The molecule has 3 aliphatic rings. The Labute approximate surface area is 203 Å². The number of amides is 3. The lowest BCUT2D eigenvalue weighted by atomic mass is 9.81. The van der Waals surface area contributed by atoms with Crippen molar-refractivity contribution in [2.24, 2.45) is 0 Å². The maximum Gasteiger partial charge on any atom is 0.328 e. The predicted molar refractivity (Wildman–Crippen MR) is 131 cm³/mol. The van der Waals surface area contributed by atoms with Crippen LogP contribution in [0.5, 0.6) is 11.5 Å². The fraction of sp³-hybridized carbons (Fsp3) is 0.407. The number of carbonyl (C=O) groups excluding carboxylic acids is 2. The zero-order chi connectivity index (χ0) is 24.3. The highest BCUT2D eigenvalue weighted by molar-refractivity contribution is 6.08. The summed E-state index contributed by atoms with van der Waals surface area (Å²) >= 11 is 0. The van der Waals surface area contributed by atoms with Crippen LogP contribution in [0.1, 0.15) is 49.0 Å². The second-order valence-electron chi connectivity index (χ2n) is 10.1. The van der Waals surface area contributed by atoms with Gasteiger partial charge in [0.15, 0.2) is 0 Å². The molecule has 3 heterocycles. The number of phenols is 1. The van der Waals surface area contributed by atoms with Crippen LogP contribution in [0, 0.1) is 0 Å². The Morgan fingerprint density at radius 3 is 2.74 bits per heavy atom. The number of urea groups is 1. The molecule has 8 heteroatoms. The normalized spacial score (nSPS) is 24.0. The monoisotopic (exact) mass is 474 g/mol. The second-order valence-corrected chi connectivity index (χ2v) is 10.1. The summed E-state index contributed by atoms with van der Waals surface area (Å²) in [6, 6.07) is 12.4. The van der Waals surface area contributed by atoms with Crippen LogP contribution < -0.4 is 10.1 Å². The van der Waals surface area contributed by atoms with Gasteiger partial charge in [0.2, 0.25) is 0 Å². The van der Waals surface area contributed by atoms with E-state index in [1.807, 2.05) is 31.2 Å². The maximum atomic E-state index is 13.8. The van der Waals surface area contributed by atoms with E-state index < -0.39 is 11.6 Å². The molecule has 3 N–H and O–H groups in total. The molecular weight excluding hydrogens is 444 g/mol. The average Bonchev–Trinajstić information content (AvgIpc) is 3.26. The first-order valence-corrected chi connectivity index (χ1v) is 12.3. The lowest BCUT2D eigenvalue weighted by molar-refractivity contribution is -0.133. The first kappa shape index (κ1) is 22.0. The standard InChI is InChI=1S/C27H30N4O4/c1-27-15-21-20-14-19(35-2)9-10-22(20)29-23(21)24(16-5-3-8-18(32)13-16)31(27)26(34)30(25(27)33)12-11-28-17-6-4-7-17/h3,5,8-10,13-14,17,24,28-29,32H,4,6-7,11-12,15H2,1-2H3/t24-,27+/m1/s1. The van der Waals surface area contributed by atoms with Crippen LogP contribution >= 0.6 is 0 Å². The molecule has 2 aromatic carbocycles. The van der Waals surface area contributed by atoms with E-state index in [2.05, 4.69) is 10.3 Å². The highest BCUT2D eigenvalue weighted by Gasteiger charge is 2.60. The van der Waals surface area contributed by atoms with Gasteiger partial charge in [-0.25, -0.2) is 4.79 Å². The minimum atomic E-state index is -1.03. The molecule has 2 atom stereocenters. The van der Waals surface area contributed by atoms with Crippen molar-refractivity contribution in [1.29, 1.82) is 0 Å². The Balaban J connectivity index is 1.45. The van der Waals surface area contributed by atoms with Gasteiger partial charge < -0.3 is 20.1 Å². The van der Waals surface area contributed by atoms with Crippen molar-refractivity contribution < 1.29 is 19.4 Å². The summed E-state index contributed by atoms with van der Waals surface area (Å²) in [5.41, 5.74) is 2.52. The molecule has 1 aromatic heterocycles. The molecule has 2 aliphatic heterocycles. The van der Waals surface area contributed by atoms with Crippen LogP contribution in [0.15, 0.2) is 42.5 Å². The number of hydrogen-bond donors (Lipinski definition) is 3. The molecule has 8 nitrogen and oxygen atoms in total. The number of nitrogens with one attached hydrogen (secondary N) is 2. The van der Waals surface area contributed by atoms with Gasteiger partial charge in [0.05, 0.1) is 7.11 Å². The van der Waals surface area contributed by atoms with Crippen molar-refractivity contribution in [3.05, 3.63) is 59.3 Å². The number of methoxy groups -OCH3 is 1. The molecule has 0 radical (unpaired) electrons. The van der Waals surface area contributed by atoms with Crippen LogP contribution in [-0.4, -0.2) is 63.6 Å². The topological polar surface area (TPSA) is 97.9 Å². The fourth-order valence-corrected chi connectivity index (χ4v) is 5.85. The molecule has 3 amide bonds. The quantitative estimate of drug-likeness (QED) is 0.474. The summed E-state index contributed by atoms with van der Waals surface area (Å²) < 4.78 is 5.46. The molecule has 1 aliphatic carbocycles. The third-order valence-corrected chi connectivity index (χ3v) is 7.93. The first-order valence-electron chi connectivity index (χ1n) is 12.3. The number of phenolic OH excluding ortho intramolecular Hbond substituents is 1. The smallest absolute Gasteiger partial charge is 0.328 e. The van der Waals surface area contributed by atoms with Gasteiger partial charge in [-0.1, -0.05) is 18.6 Å². The largest absolute Gasteiger partial charge is 0.508 e. The summed E-state index contributed by atoms with van der Waals surface area (Å²) in [7, 11) is 1.63. The zero-order valence-corrected chi connectivity index (χ0v) is 20.0. The summed E-state index contributed by atoms with van der Waals surface area (Å²) in [6.07, 6.45) is 3.93. The van der Waals surface area contributed by atoms with Gasteiger partial charge in [0.1, 0.15) is 23.1 Å². The Kier molecular flexibility index (Phi) is 5.03. The van der Waals surface area contributed by atoms with Crippen molar-refractivity contribution in [3.63, 3.8) is 0 Å². The summed E-state index contributed by atoms with van der Waals surface area (Å²) in [5.74, 6) is 0.679. The van der Waals surface area contributed by atoms with E-state index in [1.54, 1.807) is 30.2 Å². The third-order valence-electron chi connectivity index (χ3n) is 7.93. The number of benzene rings is 2. The van der Waals surface area contributed by atoms with E-state index in [0.717, 1.165) is 46.3 Å². The van der Waals surface area contributed by atoms with Crippen LogP contribution in [0.2, 0.25) is 0 Å². The maximum absolute atomic E-state index is 13.8. The van der Waals surface area contributed by atoms with E-state index >= 15 is 0 Å². The van der Waals surface area contributed by atoms with Crippen LogP contribution in [0.25, 0.3) is 10.9 Å². The van der Waals surface area contributed by atoms with Crippen molar-refractivity contribution in [1.82, 2.24) is 20.1 Å². The van der Waals surface area contributed by atoms with E-state index in [4.69, 9.17) is 4.74 Å². The number of nitrogens with zero attached hydrogens (tertiary/aromatic N) is 2. The Morgan fingerprint density at radius 1 is 1.20 bits per heavy atom. The molecule has 182 valence electrons. The number of imide groups is 1. The van der Waals surface area contributed by atoms with Gasteiger partial charge in [-0.05, 0) is 61.2 Å². The lowest BCUT2D eigenvalue weighted by Gasteiger charge is -2.42. The molecule has 0 spiro atoms. The van der Waals surface area contributed by atoms with Gasteiger partial charge in [0, 0.05) is 42.1 Å². The van der Waals surface area contributed by atoms with Crippen molar-refractivity contribution >= 4 is 22.8 Å². The number of ether oxygens (including phenoxy) is 1. The first-order chi connectivity index (χ1) is 16.9. The van der Waals surface area contributed by atoms with Crippen LogP contribution in [0.4, 0.5) is 4.79 Å². The number of H-pyrrole nitrogens is 1. The zero-order valence-electron chi connectivity index (χ0n) is 20.0. The van der Waals surface area contributed by atoms with Crippen molar-refractivity contribution in [3.8, 4) is 11.5 Å². The second kappa shape index (κ2) is 8.02. The Hall–Kier alpha value is -3.52. The summed E-state index contributed by atoms with van der Waals surface area (Å²) in [4.78, 5) is 34.3. The van der Waals surface area contributed by atoms with Crippen LogP contribution in [-0.2, 0) is 11.2 Å². The SMILES string of the molecule is COc1ccc2[nH]c3c(c2c1)C[C@@]1(C)C(=O)N(CCNC2CCC2)C(=O)N1[C@@H]3c1cccc(O)c1. The lowest BCUT2D eigenvalue weighted by Crippen LogP contribution is -2.53. The van der Waals surface area contributed by atoms with E-state index in [-0.39, 0.29) is 17.7 Å². The fourth-order valence-electron chi connectivity index (χ4n) is 5.85. The number of fused-ring (bicyclic) bond motifs is 4. The molecule has 1 saturated carbocycles. The van der Waals surface area contributed by atoms with Gasteiger partial charge in [-0.2, -0.15) is 0 Å². The minimum absolute atomic E-state index is 0.119. The van der Waals surface area contributed by atoms with Crippen molar-refractivity contribution in [2.45, 2.75) is 50.2 Å². The Morgan fingerprint density at radius 2 is 2.03 bits per heavy atom. The number of carbonyl (C=O) groups is 2. The molecule has 0 bridgehead atoms. The van der Waals surface area contributed by atoms with Gasteiger partial charge in [0.25, 0.3) is 5.91 Å². The van der Waals surface area contributed by atoms with Gasteiger partial charge >= 0.3 is 6.03 Å². The molecule has 3 aromatic rings. The molecule has 35 heavy (non-hydrogen) atoms. The number of aromatic amines is 1. The third kappa shape index (κ3) is 3.31.